The molecule has 2 N–H and O–H groups in total. The number of amides is 2. The summed E-state index contributed by atoms with van der Waals surface area (Å²) in [7, 11) is 1.58. The number of nitrogens with zero attached hydrogens (tertiary/aromatic N) is 3. The quantitative estimate of drug-likeness (QED) is 0.483. The van der Waals surface area contributed by atoms with Gasteiger partial charge >= 0.3 is 0 Å². The maximum atomic E-state index is 12.7. The minimum Gasteiger partial charge on any atom is -0.497 e. The van der Waals surface area contributed by atoms with Crippen LogP contribution in [0.25, 0.3) is 5.69 Å². The highest BCUT2D eigenvalue weighted by Gasteiger charge is 2.17. The molecule has 2 amide bonds. The van der Waals surface area contributed by atoms with Gasteiger partial charge in [0, 0.05) is 16.9 Å². The van der Waals surface area contributed by atoms with Gasteiger partial charge < -0.3 is 15.4 Å². The molecular formula is C24H21N5O3. The second-order valence-electron chi connectivity index (χ2n) is 6.97. The summed E-state index contributed by atoms with van der Waals surface area (Å²) in [5, 5.41) is 14.2. The van der Waals surface area contributed by atoms with Gasteiger partial charge in [-0.05, 0) is 67.6 Å². The zero-order valence-corrected chi connectivity index (χ0v) is 17.6. The van der Waals surface area contributed by atoms with Gasteiger partial charge in [0.15, 0.2) is 5.69 Å². The number of aromatic nitrogens is 3. The van der Waals surface area contributed by atoms with Crippen molar-refractivity contribution >= 4 is 23.2 Å². The summed E-state index contributed by atoms with van der Waals surface area (Å²) in [6.07, 6.45) is 0. The van der Waals surface area contributed by atoms with Crippen LogP contribution in [0.15, 0.2) is 78.9 Å². The van der Waals surface area contributed by atoms with E-state index < -0.39 is 0 Å². The molecule has 160 valence electrons. The van der Waals surface area contributed by atoms with Crippen molar-refractivity contribution in [3.63, 3.8) is 0 Å². The number of carbonyl (C=O) groups excluding carboxylic acids is 2. The Kier molecular flexibility index (Phi) is 5.94. The van der Waals surface area contributed by atoms with Crippen molar-refractivity contribution in [1.29, 1.82) is 0 Å². The lowest BCUT2D eigenvalue weighted by molar-refractivity contribution is 0.101. The smallest absolute Gasteiger partial charge is 0.278 e. The molecule has 0 aliphatic rings. The van der Waals surface area contributed by atoms with Gasteiger partial charge in [0.05, 0.1) is 18.5 Å². The standard InChI is InChI=1S/C24H21N5O3/c1-16-22(28-29(27-16)20-6-4-3-5-7-20)24(31)26-18-10-8-17(9-11-18)23(30)25-19-12-14-21(32-2)15-13-19/h3-15H,1-2H3,(H,25,30)(H,26,31). The highest BCUT2D eigenvalue weighted by molar-refractivity contribution is 6.06. The van der Waals surface area contributed by atoms with Gasteiger partial charge in [0.25, 0.3) is 11.8 Å². The van der Waals surface area contributed by atoms with Gasteiger partial charge in [-0.3, -0.25) is 9.59 Å². The molecule has 3 aromatic carbocycles. The summed E-state index contributed by atoms with van der Waals surface area (Å²) in [5.74, 6) is 0.0805. The third-order valence-corrected chi connectivity index (χ3v) is 4.74. The normalized spacial score (nSPS) is 10.4. The van der Waals surface area contributed by atoms with Crippen molar-refractivity contribution in [3.8, 4) is 11.4 Å². The molecule has 0 atom stereocenters. The number of hydrogen-bond acceptors (Lipinski definition) is 5. The molecule has 4 rings (SSSR count). The molecule has 0 bridgehead atoms. The zero-order chi connectivity index (χ0) is 22.5. The van der Waals surface area contributed by atoms with Crippen molar-refractivity contribution in [2.75, 3.05) is 17.7 Å². The maximum absolute atomic E-state index is 12.7. The lowest BCUT2D eigenvalue weighted by atomic mass is 10.2. The summed E-state index contributed by atoms with van der Waals surface area (Å²) in [4.78, 5) is 26.6. The minimum absolute atomic E-state index is 0.232. The lowest BCUT2D eigenvalue weighted by Crippen LogP contribution is -2.15. The van der Waals surface area contributed by atoms with E-state index in [1.807, 2.05) is 30.3 Å². The van der Waals surface area contributed by atoms with Crippen molar-refractivity contribution < 1.29 is 14.3 Å². The molecule has 0 saturated carbocycles. The molecule has 0 radical (unpaired) electrons. The van der Waals surface area contributed by atoms with E-state index in [-0.39, 0.29) is 17.5 Å². The average Bonchev–Trinajstić information content (AvgIpc) is 3.22. The molecule has 0 unspecified atom stereocenters. The second-order valence-corrected chi connectivity index (χ2v) is 6.97. The Morgan fingerprint density at radius 2 is 1.38 bits per heavy atom. The molecular weight excluding hydrogens is 406 g/mol. The average molecular weight is 427 g/mol. The fraction of sp³-hybridized carbons (Fsp3) is 0.0833. The van der Waals surface area contributed by atoms with E-state index in [2.05, 4.69) is 20.8 Å². The zero-order valence-electron chi connectivity index (χ0n) is 17.6. The van der Waals surface area contributed by atoms with Crippen LogP contribution < -0.4 is 15.4 Å². The Morgan fingerprint density at radius 1 is 0.781 bits per heavy atom. The summed E-state index contributed by atoms with van der Waals surface area (Å²) < 4.78 is 5.11. The molecule has 8 nitrogen and oxygen atoms in total. The van der Waals surface area contributed by atoms with Gasteiger partial charge in [0.2, 0.25) is 0 Å². The third kappa shape index (κ3) is 4.65. The highest BCUT2D eigenvalue weighted by Crippen LogP contribution is 2.17. The molecule has 0 fully saturated rings. The predicted octanol–water partition coefficient (Wildman–Crippen LogP) is 4.09. The SMILES string of the molecule is COc1ccc(NC(=O)c2ccc(NC(=O)c3nn(-c4ccccc4)nc3C)cc2)cc1. The molecule has 1 heterocycles. The monoisotopic (exact) mass is 427 g/mol. The summed E-state index contributed by atoms with van der Waals surface area (Å²) in [5.41, 5.74) is 3.18. The molecule has 1 aromatic heterocycles. The largest absolute Gasteiger partial charge is 0.497 e. The topological polar surface area (TPSA) is 98.1 Å². The van der Waals surface area contributed by atoms with Gasteiger partial charge in [-0.2, -0.15) is 9.90 Å². The predicted molar refractivity (Wildman–Crippen MR) is 121 cm³/mol. The number of benzene rings is 3. The Morgan fingerprint density at radius 3 is 2.00 bits per heavy atom. The first-order valence-corrected chi connectivity index (χ1v) is 9.89. The van der Waals surface area contributed by atoms with E-state index in [0.29, 0.717) is 28.4 Å². The lowest BCUT2D eigenvalue weighted by Gasteiger charge is -2.08. The van der Waals surface area contributed by atoms with Crippen LogP contribution in [-0.4, -0.2) is 33.9 Å². The Hall–Kier alpha value is -4.46. The molecule has 0 aliphatic carbocycles. The van der Waals surface area contributed by atoms with Gasteiger partial charge in [0.1, 0.15) is 5.75 Å². The molecule has 8 heteroatoms. The van der Waals surface area contributed by atoms with Crippen LogP contribution in [0.5, 0.6) is 5.75 Å². The summed E-state index contributed by atoms with van der Waals surface area (Å²) in [6.45, 7) is 1.73. The van der Waals surface area contributed by atoms with Crippen LogP contribution in [0.3, 0.4) is 0 Å². The Bertz CT molecular complexity index is 1230. The number of carbonyl (C=O) groups is 2. The first-order valence-electron chi connectivity index (χ1n) is 9.89. The van der Waals surface area contributed by atoms with Gasteiger partial charge in [-0.1, -0.05) is 18.2 Å². The van der Waals surface area contributed by atoms with Crippen molar-refractivity contribution in [3.05, 3.63) is 95.8 Å². The third-order valence-electron chi connectivity index (χ3n) is 4.74. The Balaban J connectivity index is 1.41. The highest BCUT2D eigenvalue weighted by atomic mass is 16.5. The molecule has 0 saturated heterocycles. The molecule has 32 heavy (non-hydrogen) atoms. The van der Waals surface area contributed by atoms with E-state index in [1.54, 1.807) is 62.6 Å². The van der Waals surface area contributed by atoms with Crippen LogP contribution in [0.4, 0.5) is 11.4 Å². The van der Waals surface area contributed by atoms with E-state index in [1.165, 1.54) is 4.80 Å². The number of aryl methyl sites for hydroxylation is 1. The fourth-order valence-corrected chi connectivity index (χ4v) is 3.04. The fourth-order valence-electron chi connectivity index (χ4n) is 3.04. The van der Waals surface area contributed by atoms with Crippen LogP contribution in [-0.2, 0) is 0 Å². The molecule has 0 aliphatic heterocycles. The molecule has 0 spiro atoms. The van der Waals surface area contributed by atoms with E-state index in [9.17, 15) is 9.59 Å². The van der Waals surface area contributed by atoms with Crippen molar-refractivity contribution in [2.24, 2.45) is 0 Å². The van der Waals surface area contributed by atoms with E-state index >= 15 is 0 Å². The number of para-hydroxylation sites is 1. The maximum Gasteiger partial charge on any atom is 0.278 e. The number of ether oxygens (including phenoxy) is 1. The summed E-state index contributed by atoms with van der Waals surface area (Å²) >= 11 is 0. The number of nitrogens with one attached hydrogen (secondary N) is 2. The van der Waals surface area contributed by atoms with E-state index in [4.69, 9.17) is 4.74 Å². The molecule has 4 aromatic rings. The van der Waals surface area contributed by atoms with Crippen LogP contribution in [0, 0.1) is 6.92 Å². The first-order chi connectivity index (χ1) is 15.5. The van der Waals surface area contributed by atoms with Crippen LogP contribution in [0.2, 0.25) is 0 Å². The first kappa shape index (κ1) is 20.8. The van der Waals surface area contributed by atoms with Gasteiger partial charge in [-0.15, -0.1) is 5.10 Å². The number of rotatable bonds is 6. The second kappa shape index (κ2) is 9.13. The van der Waals surface area contributed by atoms with Crippen LogP contribution >= 0.6 is 0 Å². The van der Waals surface area contributed by atoms with Crippen molar-refractivity contribution in [1.82, 2.24) is 15.0 Å². The van der Waals surface area contributed by atoms with Gasteiger partial charge in [-0.25, -0.2) is 0 Å². The minimum atomic E-state index is -0.375. The number of methoxy groups -OCH3 is 1. The number of anilines is 2. The summed E-state index contributed by atoms with van der Waals surface area (Å²) in [6, 6.07) is 23.0. The number of hydrogen-bond donors (Lipinski definition) is 2. The van der Waals surface area contributed by atoms with Crippen molar-refractivity contribution in [2.45, 2.75) is 6.92 Å². The van der Waals surface area contributed by atoms with Crippen LogP contribution in [0.1, 0.15) is 26.5 Å². The van der Waals surface area contributed by atoms with E-state index in [0.717, 1.165) is 5.69 Å². The Labute approximate surface area is 184 Å².